The third-order valence-electron chi connectivity index (χ3n) is 1.55. The Hall–Kier alpha value is -1.21. The van der Waals surface area contributed by atoms with E-state index in [2.05, 4.69) is 0 Å². The highest BCUT2D eigenvalue weighted by Gasteiger charge is 2.15. The molecule has 0 saturated carbocycles. The highest BCUT2D eigenvalue weighted by molar-refractivity contribution is 8.13. The van der Waals surface area contributed by atoms with Gasteiger partial charge < -0.3 is 0 Å². The summed E-state index contributed by atoms with van der Waals surface area (Å²) in [5.41, 5.74) is -0.640. The van der Waals surface area contributed by atoms with E-state index in [9.17, 15) is 22.9 Å². The van der Waals surface area contributed by atoms with Crippen molar-refractivity contribution in [2.24, 2.45) is 0 Å². The quantitative estimate of drug-likeness (QED) is 0.467. The third-order valence-corrected chi connectivity index (χ3v) is 2.55. The van der Waals surface area contributed by atoms with Crippen LogP contribution in [-0.2, 0) is 14.8 Å². The van der Waals surface area contributed by atoms with Crippen LogP contribution in [-0.4, -0.2) is 13.3 Å². The zero-order chi connectivity index (χ0) is 11.6. The third kappa shape index (κ3) is 3.45. The molecular weight excluding hydrogens is 249 g/mol. The number of halogens is 2. The van der Waals surface area contributed by atoms with E-state index in [4.69, 9.17) is 10.7 Å². The molecule has 1 aromatic rings. The number of nitrogens with zero attached hydrogens (tertiary/aromatic N) is 1. The van der Waals surface area contributed by atoms with E-state index < -0.39 is 31.2 Å². The van der Waals surface area contributed by atoms with Gasteiger partial charge in [-0.3, -0.25) is 10.1 Å². The molecule has 0 aliphatic heterocycles. The zero-order valence-corrected chi connectivity index (χ0v) is 8.76. The molecule has 0 atom stereocenters. The van der Waals surface area contributed by atoms with Gasteiger partial charge in [-0.05, 0) is 11.6 Å². The van der Waals surface area contributed by atoms with Gasteiger partial charge in [0.1, 0.15) is 0 Å². The highest BCUT2D eigenvalue weighted by atomic mass is 35.7. The largest absolute Gasteiger partial charge is 0.304 e. The minimum atomic E-state index is -3.79. The number of hydrogen-bond donors (Lipinski definition) is 0. The Morgan fingerprint density at radius 2 is 2.07 bits per heavy atom. The van der Waals surface area contributed by atoms with Crippen LogP contribution in [0, 0.1) is 15.9 Å². The Morgan fingerprint density at radius 3 is 2.47 bits per heavy atom. The molecule has 1 aromatic carbocycles. The summed E-state index contributed by atoms with van der Waals surface area (Å²) in [5, 5.41) is 10.2. The van der Waals surface area contributed by atoms with E-state index in [-0.39, 0.29) is 5.56 Å². The number of nitro benzene ring substituents is 1. The van der Waals surface area contributed by atoms with Crippen molar-refractivity contribution in [1.82, 2.24) is 0 Å². The van der Waals surface area contributed by atoms with Crippen molar-refractivity contribution in [2.75, 3.05) is 0 Å². The summed E-state index contributed by atoms with van der Waals surface area (Å²) in [5.74, 6) is -1.65. The molecule has 1 rings (SSSR count). The first-order chi connectivity index (χ1) is 6.79. The van der Waals surface area contributed by atoms with E-state index in [1.54, 1.807) is 0 Å². The first-order valence-corrected chi connectivity index (χ1v) is 6.12. The predicted molar refractivity (Wildman–Crippen MR) is 51.5 cm³/mol. The number of rotatable bonds is 3. The van der Waals surface area contributed by atoms with Crippen molar-refractivity contribution in [3.8, 4) is 0 Å². The van der Waals surface area contributed by atoms with Gasteiger partial charge in [0.15, 0.2) is 0 Å². The van der Waals surface area contributed by atoms with Gasteiger partial charge in [0.05, 0.1) is 10.7 Å². The summed E-state index contributed by atoms with van der Waals surface area (Å²) in [6.07, 6.45) is 0. The van der Waals surface area contributed by atoms with E-state index in [0.29, 0.717) is 0 Å². The fraction of sp³-hybridized carbons (Fsp3) is 0.143. The Morgan fingerprint density at radius 1 is 1.47 bits per heavy atom. The van der Waals surface area contributed by atoms with Crippen LogP contribution in [0.5, 0.6) is 0 Å². The van der Waals surface area contributed by atoms with Gasteiger partial charge in [-0.1, -0.05) is 6.07 Å². The van der Waals surface area contributed by atoms with E-state index in [1.165, 1.54) is 0 Å². The number of nitro groups is 1. The average Bonchev–Trinajstić information content (AvgIpc) is 1.99. The molecule has 0 bridgehead atoms. The lowest BCUT2D eigenvalue weighted by Gasteiger charge is -1.98. The molecule has 15 heavy (non-hydrogen) atoms. The summed E-state index contributed by atoms with van der Waals surface area (Å²) < 4.78 is 34.3. The van der Waals surface area contributed by atoms with Crippen molar-refractivity contribution in [3.05, 3.63) is 39.7 Å². The SMILES string of the molecule is O=[N+]([O-])c1ccc(CS(=O)(=O)Cl)cc1F. The molecule has 0 N–H and O–H groups in total. The molecule has 0 aliphatic carbocycles. The first kappa shape index (κ1) is 11.9. The second-order valence-electron chi connectivity index (χ2n) is 2.73. The maximum atomic E-state index is 13.0. The van der Waals surface area contributed by atoms with Gasteiger partial charge in [-0.25, -0.2) is 8.42 Å². The van der Waals surface area contributed by atoms with Crippen molar-refractivity contribution in [3.63, 3.8) is 0 Å². The van der Waals surface area contributed by atoms with Crippen LogP contribution < -0.4 is 0 Å². The average molecular weight is 254 g/mol. The Kier molecular flexibility index (Phi) is 3.25. The molecule has 5 nitrogen and oxygen atoms in total. The lowest BCUT2D eigenvalue weighted by atomic mass is 10.2. The minimum absolute atomic E-state index is 0.0631. The van der Waals surface area contributed by atoms with E-state index in [1.807, 2.05) is 0 Å². The van der Waals surface area contributed by atoms with Gasteiger partial charge >= 0.3 is 5.69 Å². The van der Waals surface area contributed by atoms with Crippen molar-refractivity contribution >= 4 is 25.4 Å². The molecule has 0 heterocycles. The summed E-state index contributed by atoms with van der Waals surface area (Å²) in [6.45, 7) is 0. The van der Waals surface area contributed by atoms with E-state index in [0.717, 1.165) is 18.2 Å². The Balaban J connectivity index is 3.07. The van der Waals surface area contributed by atoms with Crippen LogP contribution in [0.25, 0.3) is 0 Å². The van der Waals surface area contributed by atoms with Gasteiger partial charge in [0.2, 0.25) is 14.9 Å². The second-order valence-corrected chi connectivity index (χ2v) is 5.50. The highest BCUT2D eigenvalue weighted by Crippen LogP contribution is 2.19. The maximum absolute atomic E-state index is 13.0. The summed E-state index contributed by atoms with van der Waals surface area (Å²) in [7, 11) is 1.15. The summed E-state index contributed by atoms with van der Waals surface area (Å²) >= 11 is 0. The van der Waals surface area contributed by atoms with Crippen LogP contribution in [0.15, 0.2) is 18.2 Å². The maximum Gasteiger partial charge on any atom is 0.304 e. The molecule has 8 heteroatoms. The Bertz CT molecular complexity index is 502. The molecule has 0 unspecified atom stereocenters. The number of hydrogen-bond acceptors (Lipinski definition) is 4. The molecule has 82 valence electrons. The molecule has 0 radical (unpaired) electrons. The summed E-state index contributed by atoms with van der Waals surface area (Å²) in [4.78, 5) is 9.35. The monoisotopic (exact) mass is 253 g/mol. The topological polar surface area (TPSA) is 77.3 Å². The molecule has 0 saturated heterocycles. The normalized spacial score (nSPS) is 11.3. The van der Waals surface area contributed by atoms with Gasteiger partial charge in [-0.2, -0.15) is 4.39 Å². The fourth-order valence-corrected chi connectivity index (χ4v) is 1.94. The molecule has 0 fully saturated rings. The van der Waals surface area contributed by atoms with Crippen LogP contribution >= 0.6 is 10.7 Å². The van der Waals surface area contributed by atoms with Crippen molar-refractivity contribution < 1.29 is 17.7 Å². The van der Waals surface area contributed by atoms with Crippen LogP contribution in [0.4, 0.5) is 10.1 Å². The molecular formula is C7H5ClFNO4S. The molecule has 0 amide bonds. The zero-order valence-electron chi connectivity index (χ0n) is 7.18. The summed E-state index contributed by atoms with van der Waals surface area (Å²) in [6, 6.07) is 2.81. The molecule has 0 aromatic heterocycles. The molecule has 0 spiro atoms. The minimum Gasteiger partial charge on any atom is -0.258 e. The first-order valence-electron chi connectivity index (χ1n) is 3.65. The van der Waals surface area contributed by atoms with E-state index >= 15 is 0 Å². The Labute approximate surface area is 89.0 Å². The second kappa shape index (κ2) is 4.11. The van der Waals surface area contributed by atoms with Crippen LogP contribution in [0.1, 0.15) is 5.56 Å². The van der Waals surface area contributed by atoms with Crippen LogP contribution in [0.3, 0.4) is 0 Å². The van der Waals surface area contributed by atoms with Crippen molar-refractivity contribution in [2.45, 2.75) is 5.75 Å². The van der Waals surface area contributed by atoms with Crippen LogP contribution in [0.2, 0.25) is 0 Å². The standard InChI is InChI=1S/C7H5ClFNO4S/c8-15(13,14)4-5-1-2-7(10(11)12)6(9)3-5/h1-3H,4H2. The molecule has 0 aliphatic rings. The van der Waals surface area contributed by atoms with Gasteiger partial charge in [-0.15, -0.1) is 0 Å². The predicted octanol–water partition coefficient (Wildman–Crippen LogP) is 1.80. The van der Waals surface area contributed by atoms with Gasteiger partial charge in [0, 0.05) is 16.7 Å². The lowest BCUT2D eigenvalue weighted by molar-refractivity contribution is -0.387. The van der Waals surface area contributed by atoms with Gasteiger partial charge in [0.25, 0.3) is 0 Å². The van der Waals surface area contributed by atoms with Crippen molar-refractivity contribution in [1.29, 1.82) is 0 Å². The number of benzene rings is 1. The lowest BCUT2D eigenvalue weighted by Crippen LogP contribution is -1.98. The fourth-order valence-electron chi connectivity index (χ4n) is 0.987. The smallest absolute Gasteiger partial charge is 0.258 e.